The van der Waals surface area contributed by atoms with E-state index in [4.69, 9.17) is 25.8 Å². The number of ether oxygens (including phenoxy) is 3. The summed E-state index contributed by atoms with van der Waals surface area (Å²) in [5.74, 6) is 3.23. The van der Waals surface area contributed by atoms with Crippen molar-refractivity contribution in [2.45, 2.75) is 5.75 Å². The maximum Gasteiger partial charge on any atom is 0.257 e. The maximum atomic E-state index is 11.9. The number of benzene rings is 2. The van der Waals surface area contributed by atoms with Gasteiger partial charge < -0.3 is 19.5 Å². The van der Waals surface area contributed by atoms with E-state index in [2.05, 4.69) is 5.32 Å². The van der Waals surface area contributed by atoms with E-state index in [1.54, 1.807) is 44.2 Å². The Labute approximate surface area is 163 Å². The SMILES string of the molecule is COc1cc(OC)cc(OCC(=O)NCCSCc2cccc(Cl)c2)c1. The molecule has 0 saturated carbocycles. The van der Waals surface area contributed by atoms with Gasteiger partial charge in [0.05, 0.1) is 14.2 Å². The molecule has 7 heteroatoms. The van der Waals surface area contributed by atoms with Crippen molar-refractivity contribution in [3.63, 3.8) is 0 Å². The molecule has 0 heterocycles. The number of hydrogen-bond acceptors (Lipinski definition) is 5. The molecule has 0 aliphatic heterocycles. The average molecular weight is 396 g/mol. The number of nitrogens with one attached hydrogen (secondary N) is 1. The van der Waals surface area contributed by atoms with Gasteiger partial charge in [-0.1, -0.05) is 23.7 Å². The number of carbonyl (C=O) groups is 1. The zero-order valence-corrected chi connectivity index (χ0v) is 16.4. The van der Waals surface area contributed by atoms with Crippen LogP contribution in [0.2, 0.25) is 5.02 Å². The van der Waals surface area contributed by atoms with E-state index in [1.807, 2.05) is 24.3 Å². The average Bonchev–Trinajstić information content (AvgIpc) is 2.65. The Balaban J connectivity index is 1.66. The highest BCUT2D eigenvalue weighted by atomic mass is 35.5. The van der Waals surface area contributed by atoms with Gasteiger partial charge in [-0.3, -0.25) is 4.79 Å². The van der Waals surface area contributed by atoms with Crippen molar-refractivity contribution >= 4 is 29.3 Å². The van der Waals surface area contributed by atoms with Crippen molar-refractivity contribution in [1.82, 2.24) is 5.32 Å². The Bertz CT molecular complexity index is 704. The highest BCUT2D eigenvalue weighted by Gasteiger charge is 2.06. The van der Waals surface area contributed by atoms with Gasteiger partial charge >= 0.3 is 0 Å². The summed E-state index contributed by atoms with van der Waals surface area (Å²) in [4.78, 5) is 11.9. The Morgan fingerprint density at radius 3 is 2.42 bits per heavy atom. The fourth-order valence-corrected chi connectivity index (χ4v) is 3.16. The number of amides is 1. The fraction of sp³-hybridized carbons (Fsp3) is 0.316. The van der Waals surface area contributed by atoms with Crippen molar-refractivity contribution in [3.05, 3.63) is 53.1 Å². The Hall–Kier alpha value is -2.05. The number of rotatable bonds is 10. The quantitative estimate of drug-likeness (QED) is 0.620. The lowest BCUT2D eigenvalue weighted by molar-refractivity contribution is -0.122. The van der Waals surface area contributed by atoms with Crippen molar-refractivity contribution in [2.75, 3.05) is 33.1 Å². The molecule has 140 valence electrons. The predicted octanol–water partition coefficient (Wildman–Crippen LogP) is 3.79. The second kappa shape index (κ2) is 10.8. The van der Waals surface area contributed by atoms with Gasteiger partial charge in [0.15, 0.2) is 6.61 Å². The monoisotopic (exact) mass is 395 g/mol. The van der Waals surface area contributed by atoms with Crippen LogP contribution in [0.1, 0.15) is 5.56 Å². The van der Waals surface area contributed by atoms with Gasteiger partial charge in [0.25, 0.3) is 5.91 Å². The van der Waals surface area contributed by atoms with E-state index >= 15 is 0 Å². The van der Waals surface area contributed by atoms with Crippen LogP contribution in [-0.2, 0) is 10.5 Å². The second-order valence-corrected chi connectivity index (χ2v) is 6.91. The van der Waals surface area contributed by atoms with Crippen LogP contribution in [0.4, 0.5) is 0 Å². The molecule has 2 aromatic carbocycles. The summed E-state index contributed by atoms with van der Waals surface area (Å²) in [5, 5.41) is 3.57. The molecule has 0 atom stereocenters. The minimum Gasteiger partial charge on any atom is -0.496 e. The summed E-state index contributed by atoms with van der Waals surface area (Å²) in [7, 11) is 3.12. The molecule has 0 fully saturated rings. The van der Waals surface area contributed by atoms with Gasteiger partial charge in [-0.15, -0.1) is 0 Å². The number of halogens is 1. The molecule has 0 unspecified atom stereocenters. The Morgan fingerprint density at radius 2 is 1.77 bits per heavy atom. The molecule has 0 saturated heterocycles. The Kier molecular flexibility index (Phi) is 8.44. The lowest BCUT2D eigenvalue weighted by atomic mass is 10.2. The summed E-state index contributed by atoms with van der Waals surface area (Å²) >= 11 is 7.69. The van der Waals surface area contributed by atoms with Gasteiger partial charge in [0, 0.05) is 41.3 Å². The molecule has 0 radical (unpaired) electrons. The van der Waals surface area contributed by atoms with Crippen LogP contribution < -0.4 is 19.5 Å². The summed E-state index contributed by atoms with van der Waals surface area (Å²) in [6.07, 6.45) is 0. The van der Waals surface area contributed by atoms with Gasteiger partial charge in [-0.05, 0) is 17.7 Å². The second-order valence-electron chi connectivity index (χ2n) is 5.37. The molecule has 0 aromatic heterocycles. The van der Waals surface area contributed by atoms with E-state index < -0.39 is 0 Å². The lowest BCUT2D eigenvalue weighted by Crippen LogP contribution is -2.30. The van der Waals surface area contributed by atoms with Crippen molar-refractivity contribution < 1.29 is 19.0 Å². The third kappa shape index (κ3) is 7.06. The maximum absolute atomic E-state index is 11.9. The van der Waals surface area contributed by atoms with E-state index in [0.29, 0.717) is 23.8 Å². The molecule has 0 spiro atoms. The van der Waals surface area contributed by atoms with Crippen LogP contribution >= 0.6 is 23.4 Å². The zero-order chi connectivity index (χ0) is 18.8. The van der Waals surface area contributed by atoms with Gasteiger partial charge in [0.2, 0.25) is 0 Å². The minimum atomic E-state index is -0.171. The molecule has 5 nitrogen and oxygen atoms in total. The predicted molar refractivity (Wildman–Crippen MR) is 106 cm³/mol. The first-order valence-corrected chi connectivity index (χ1v) is 9.58. The van der Waals surface area contributed by atoms with E-state index in [9.17, 15) is 4.79 Å². The summed E-state index contributed by atoms with van der Waals surface area (Å²) in [6.45, 7) is 0.518. The van der Waals surface area contributed by atoms with Gasteiger partial charge in [-0.25, -0.2) is 0 Å². The van der Waals surface area contributed by atoms with Crippen LogP contribution in [0.5, 0.6) is 17.2 Å². The Morgan fingerprint density at radius 1 is 1.08 bits per heavy atom. The van der Waals surface area contributed by atoms with Gasteiger partial charge in [0.1, 0.15) is 17.2 Å². The molecular formula is C19H22ClNO4S. The third-order valence-electron chi connectivity index (χ3n) is 3.42. The van der Waals surface area contributed by atoms with E-state index in [-0.39, 0.29) is 12.5 Å². The first-order valence-electron chi connectivity index (χ1n) is 8.05. The molecule has 1 N–H and O–H groups in total. The zero-order valence-electron chi connectivity index (χ0n) is 14.8. The largest absolute Gasteiger partial charge is 0.496 e. The first kappa shape index (κ1) is 20.3. The number of carbonyl (C=O) groups excluding carboxylic acids is 1. The summed E-state index contributed by atoms with van der Waals surface area (Å²) < 4.78 is 15.8. The van der Waals surface area contributed by atoms with Crippen LogP contribution in [0.15, 0.2) is 42.5 Å². The van der Waals surface area contributed by atoms with Crippen LogP contribution in [0.3, 0.4) is 0 Å². The number of hydrogen-bond donors (Lipinski definition) is 1. The van der Waals surface area contributed by atoms with E-state index in [1.165, 1.54) is 5.56 Å². The standard InChI is InChI=1S/C19H22ClNO4S/c1-23-16-9-17(24-2)11-18(10-16)25-12-19(22)21-6-7-26-13-14-4-3-5-15(20)8-14/h3-5,8-11H,6-7,12-13H2,1-2H3,(H,21,22). The molecule has 2 aromatic rings. The lowest BCUT2D eigenvalue weighted by Gasteiger charge is -2.10. The molecule has 2 rings (SSSR count). The van der Waals surface area contributed by atoms with Crippen LogP contribution in [-0.4, -0.2) is 39.0 Å². The third-order valence-corrected chi connectivity index (χ3v) is 4.69. The summed E-state index contributed by atoms with van der Waals surface area (Å²) in [6, 6.07) is 12.9. The first-order chi connectivity index (χ1) is 12.6. The molecule has 0 bridgehead atoms. The molecule has 0 aliphatic carbocycles. The highest BCUT2D eigenvalue weighted by molar-refractivity contribution is 7.98. The molecular weight excluding hydrogens is 374 g/mol. The molecule has 26 heavy (non-hydrogen) atoms. The van der Waals surface area contributed by atoms with Crippen molar-refractivity contribution in [2.24, 2.45) is 0 Å². The fourth-order valence-electron chi connectivity index (χ4n) is 2.14. The number of thioether (sulfide) groups is 1. The topological polar surface area (TPSA) is 56.8 Å². The van der Waals surface area contributed by atoms with Gasteiger partial charge in [-0.2, -0.15) is 11.8 Å². The summed E-state index contributed by atoms with van der Waals surface area (Å²) in [5.41, 5.74) is 1.17. The highest BCUT2D eigenvalue weighted by Crippen LogP contribution is 2.27. The smallest absolute Gasteiger partial charge is 0.257 e. The van der Waals surface area contributed by atoms with Crippen LogP contribution in [0, 0.1) is 0 Å². The van der Waals surface area contributed by atoms with E-state index in [0.717, 1.165) is 16.5 Å². The molecule has 1 amide bonds. The van der Waals surface area contributed by atoms with Crippen molar-refractivity contribution in [3.8, 4) is 17.2 Å². The number of methoxy groups -OCH3 is 2. The van der Waals surface area contributed by atoms with Crippen molar-refractivity contribution in [1.29, 1.82) is 0 Å². The molecule has 0 aliphatic rings. The normalized spacial score (nSPS) is 10.3. The van der Waals surface area contributed by atoms with Crippen LogP contribution in [0.25, 0.3) is 0 Å². The minimum absolute atomic E-state index is 0.0602.